The third kappa shape index (κ3) is 5.23. The van der Waals surface area contributed by atoms with Crippen molar-refractivity contribution >= 4 is 23.6 Å². The summed E-state index contributed by atoms with van der Waals surface area (Å²) in [6, 6.07) is 6.45. The lowest BCUT2D eigenvalue weighted by molar-refractivity contribution is -0.130. The largest absolute Gasteiger partial charge is 0.353 e. The predicted molar refractivity (Wildman–Crippen MR) is 110 cm³/mol. The molecular weight excluding hydrogens is 393 g/mol. The fourth-order valence-electron chi connectivity index (χ4n) is 3.27. The van der Waals surface area contributed by atoms with Gasteiger partial charge in [0.15, 0.2) is 11.0 Å². The Hall–Kier alpha value is -2.68. The highest BCUT2D eigenvalue weighted by Crippen LogP contribution is 2.26. The summed E-state index contributed by atoms with van der Waals surface area (Å²) in [4.78, 5) is 25.5. The lowest BCUT2D eigenvalue weighted by atomic mass is 10.1. The maximum Gasteiger partial charge on any atom is 0.230 e. The van der Waals surface area contributed by atoms with E-state index in [0.29, 0.717) is 36.2 Å². The molecule has 3 rings (SSSR count). The molecule has 0 unspecified atom stereocenters. The van der Waals surface area contributed by atoms with Gasteiger partial charge in [0.25, 0.3) is 0 Å². The summed E-state index contributed by atoms with van der Waals surface area (Å²) in [5.41, 5.74) is 0.357. The topological polar surface area (TPSA) is 80.1 Å². The number of aromatic nitrogens is 3. The van der Waals surface area contributed by atoms with E-state index in [1.54, 1.807) is 40.7 Å². The van der Waals surface area contributed by atoms with E-state index >= 15 is 0 Å². The van der Waals surface area contributed by atoms with Gasteiger partial charge in [-0.2, -0.15) is 0 Å². The van der Waals surface area contributed by atoms with Gasteiger partial charge in [0.2, 0.25) is 11.8 Å². The first kappa shape index (κ1) is 21.0. The minimum atomic E-state index is -0.378. The van der Waals surface area contributed by atoms with Crippen molar-refractivity contribution in [3.63, 3.8) is 0 Å². The average molecular weight is 418 g/mol. The highest BCUT2D eigenvalue weighted by molar-refractivity contribution is 7.99. The number of carbonyl (C=O) groups excluding carboxylic acids is 2. The number of thioether (sulfide) groups is 1. The second-order valence-electron chi connectivity index (χ2n) is 6.82. The van der Waals surface area contributed by atoms with Crippen molar-refractivity contribution in [2.24, 2.45) is 0 Å². The SMILES string of the molecule is C=CCn1c(SCC(=O)NC2CCN(C(C)=O)CC2)nnc1-c1ccccc1F. The summed E-state index contributed by atoms with van der Waals surface area (Å²) in [6.07, 6.45) is 3.18. The van der Waals surface area contributed by atoms with E-state index in [1.807, 2.05) is 0 Å². The van der Waals surface area contributed by atoms with Gasteiger partial charge in [0.05, 0.1) is 11.3 Å². The Balaban J connectivity index is 1.60. The first-order valence-corrected chi connectivity index (χ1v) is 10.4. The second-order valence-corrected chi connectivity index (χ2v) is 7.76. The fraction of sp³-hybridized carbons (Fsp3) is 0.400. The van der Waals surface area contributed by atoms with E-state index < -0.39 is 0 Å². The van der Waals surface area contributed by atoms with Crippen LogP contribution in [0.15, 0.2) is 42.1 Å². The smallest absolute Gasteiger partial charge is 0.230 e. The molecule has 1 aromatic carbocycles. The molecule has 0 saturated carbocycles. The van der Waals surface area contributed by atoms with Gasteiger partial charge in [-0.05, 0) is 25.0 Å². The Morgan fingerprint density at radius 3 is 2.69 bits per heavy atom. The van der Waals surface area contributed by atoms with Crippen molar-refractivity contribution in [2.45, 2.75) is 37.5 Å². The number of carbonyl (C=O) groups is 2. The number of amides is 2. The predicted octanol–water partition coefficient (Wildman–Crippen LogP) is 2.49. The van der Waals surface area contributed by atoms with Gasteiger partial charge < -0.3 is 10.2 Å². The molecule has 1 saturated heterocycles. The van der Waals surface area contributed by atoms with Gasteiger partial charge in [-0.3, -0.25) is 14.2 Å². The molecule has 1 fully saturated rings. The summed E-state index contributed by atoms with van der Waals surface area (Å²) in [5.74, 6) is 0.174. The van der Waals surface area contributed by atoms with E-state index in [-0.39, 0.29) is 29.4 Å². The molecule has 0 bridgehead atoms. The molecule has 0 atom stereocenters. The van der Waals surface area contributed by atoms with Crippen LogP contribution in [-0.4, -0.2) is 56.4 Å². The molecule has 154 valence electrons. The molecule has 1 aromatic heterocycles. The maximum absolute atomic E-state index is 14.2. The van der Waals surface area contributed by atoms with Crippen LogP contribution in [0.3, 0.4) is 0 Å². The van der Waals surface area contributed by atoms with Crippen molar-refractivity contribution in [2.75, 3.05) is 18.8 Å². The molecule has 9 heteroatoms. The number of rotatable bonds is 7. The third-order valence-electron chi connectivity index (χ3n) is 4.78. The number of hydrogen-bond donors (Lipinski definition) is 1. The number of piperidine rings is 1. The Labute approximate surface area is 173 Å². The number of likely N-dealkylation sites (tertiary alicyclic amines) is 1. The molecule has 2 heterocycles. The van der Waals surface area contributed by atoms with Crippen LogP contribution in [0.1, 0.15) is 19.8 Å². The Morgan fingerprint density at radius 2 is 2.03 bits per heavy atom. The molecule has 0 radical (unpaired) electrons. The number of halogens is 1. The van der Waals surface area contributed by atoms with Crippen LogP contribution in [0.2, 0.25) is 0 Å². The van der Waals surface area contributed by atoms with Crippen LogP contribution in [-0.2, 0) is 16.1 Å². The Morgan fingerprint density at radius 1 is 1.31 bits per heavy atom. The van der Waals surface area contributed by atoms with Crippen molar-refractivity contribution in [1.29, 1.82) is 0 Å². The zero-order valence-corrected chi connectivity index (χ0v) is 17.1. The molecule has 2 aromatic rings. The zero-order chi connectivity index (χ0) is 20.8. The quantitative estimate of drug-likeness (QED) is 0.553. The lowest BCUT2D eigenvalue weighted by Crippen LogP contribution is -2.46. The van der Waals surface area contributed by atoms with E-state index in [0.717, 1.165) is 12.8 Å². The first-order chi connectivity index (χ1) is 14.0. The molecule has 2 amide bonds. The van der Waals surface area contributed by atoms with Gasteiger partial charge in [-0.15, -0.1) is 16.8 Å². The van der Waals surface area contributed by atoms with Gasteiger partial charge in [-0.1, -0.05) is 30.0 Å². The number of allylic oxidation sites excluding steroid dienone is 1. The van der Waals surface area contributed by atoms with Crippen molar-refractivity contribution in [1.82, 2.24) is 25.0 Å². The summed E-state index contributed by atoms with van der Waals surface area (Å²) in [7, 11) is 0. The van der Waals surface area contributed by atoms with Crippen molar-refractivity contribution in [3.05, 3.63) is 42.7 Å². The summed E-state index contributed by atoms with van der Waals surface area (Å²) in [5, 5.41) is 11.8. The minimum Gasteiger partial charge on any atom is -0.353 e. The molecule has 0 aliphatic carbocycles. The molecule has 0 spiro atoms. The Kier molecular flexibility index (Phi) is 7.03. The molecular formula is C20H24FN5O2S. The molecule has 1 aliphatic heterocycles. The summed E-state index contributed by atoms with van der Waals surface area (Å²) >= 11 is 1.25. The third-order valence-corrected chi connectivity index (χ3v) is 5.75. The summed E-state index contributed by atoms with van der Waals surface area (Å²) in [6.45, 7) is 7.02. The second kappa shape index (κ2) is 9.69. The van der Waals surface area contributed by atoms with Crippen LogP contribution in [0.4, 0.5) is 4.39 Å². The molecule has 1 N–H and O–H groups in total. The van der Waals surface area contributed by atoms with E-state index in [2.05, 4.69) is 22.1 Å². The summed E-state index contributed by atoms with van der Waals surface area (Å²) < 4.78 is 15.9. The standard InChI is InChI=1S/C20H24FN5O2S/c1-3-10-26-19(16-6-4-5-7-17(16)21)23-24-20(26)29-13-18(28)22-15-8-11-25(12-9-15)14(2)27/h3-7,15H,1,8-13H2,2H3,(H,22,28). The lowest BCUT2D eigenvalue weighted by Gasteiger charge is -2.31. The molecule has 29 heavy (non-hydrogen) atoms. The van der Waals surface area contributed by atoms with Gasteiger partial charge >= 0.3 is 0 Å². The van der Waals surface area contributed by atoms with Crippen LogP contribution in [0.5, 0.6) is 0 Å². The number of nitrogens with one attached hydrogen (secondary N) is 1. The Bertz CT molecular complexity index is 893. The fourth-order valence-corrected chi connectivity index (χ4v) is 4.03. The van der Waals surface area contributed by atoms with E-state index in [1.165, 1.54) is 17.8 Å². The van der Waals surface area contributed by atoms with Crippen molar-refractivity contribution in [3.8, 4) is 11.4 Å². The van der Waals surface area contributed by atoms with Crippen LogP contribution in [0, 0.1) is 5.82 Å². The number of nitrogens with zero attached hydrogens (tertiary/aromatic N) is 4. The first-order valence-electron chi connectivity index (χ1n) is 9.46. The van der Waals surface area contributed by atoms with E-state index in [4.69, 9.17) is 0 Å². The maximum atomic E-state index is 14.2. The number of benzene rings is 1. The zero-order valence-electron chi connectivity index (χ0n) is 16.3. The van der Waals surface area contributed by atoms with Crippen LogP contribution >= 0.6 is 11.8 Å². The van der Waals surface area contributed by atoms with E-state index in [9.17, 15) is 14.0 Å². The van der Waals surface area contributed by atoms with Gasteiger partial charge in [0.1, 0.15) is 5.82 Å². The molecule has 1 aliphatic rings. The van der Waals surface area contributed by atoms with Gasteiger partial charge in [-0.25, -0.2) is 4.39 Å². The normalized spacial score (nSPS) is 14.6. The highest BCUT2D eigenvalue weighted by Gasteiger charge is 2.22. The van der Waals surface area contributed by atoms with Gasteiger partial charge in [0, 0.05) is 32.6 Å². The highest BCUT2D eigenvalue weighted by atomic mass is 32.2. The van der Waals surface area contributed by atoms with Crippen LogP contribution in [0.25, 0.3) is 11.4 Å². The average Bonchev–Trinajstić information content (AvgIpc) is 3.10. The molecule has 7 nitrogen and oxygen atoms in total. The van der Waals surface area contributed by atoms with Crippen molar-refractivity contribution < 1.29 is 14.0 Å². The minimum absolute atomic E-state index is 0.0672. The number of hydrogen-bond acceptors (Lipinski definition) is 5. The monoisotopic (exact) mass is 417 g/mol. The van der Waals surface area contributed by atoms with Crippen LogP contribution < -0.4 is 5.32 Å².